The Bertz CT molecular complexity index is 729. The van der Waals surface area contributed by atoms with Crippen molar-refractivity contribution in [2.24, 2.45) is 16.8 Å². The summed E-state index contributed by atoms with van der Waals surface area (Å²) in [5.74, 6) is 10.9. The Morgan fingerprint density at radius 3 is 2.92 bits per heavy atom. The summed E-state index contributed by atoms with van der Waals surface area (Å²) in [6.45, 7) is -0.0253. The van der Waals surface area contributed by atoms with Gasteiger partial charge in [-0.05, 0) is 18.2 Å². The third-order valence-electron chi connectivity index (χ3n) is 2.79. The number of halogens is 1. The van der Waals surface area contributed by atoms with Crippen molar-refractivity contribution in [1.82, 2.24) is 9.97 Å². The first-order valence-corrected chi connectivity index (χ1v) is 7.75. The lowest BCUT2D eigenvalue weighted by atomic mass is 10.3. The molecule has 2 aromatic rings. The number of aliphatic hydroxyl groups excluding tert-OH is 1. The van der Waals surface area contributed by atoms with Gasteiger partial charge in [0.2, 0.25) is 11.1 Å². The van der Waals surface area contributed by atoms with Crippen LogP contribution in [-0.2, 0) is 0 Å². The predicted molar refractivity (Wildman–Crippen MR) is 94.0 cm³/mol. The summed E-state index contributed by atoms with van der Waals surface area (Å²) in [5, 5.41) is 17.0. The van der Waals surface area contributed by atoms with E-state index in [1.165, 1.54) is 16.8 Å². The highest BCUT2D eigenvalue weighted by Gasteiger charge is 2.11. The maximum absolute atomic E-state index is 13.1. The minimum Gasteiger partial charge on any atom is -0.396 e. The first-order valence-electron chi connectivity index (χ1n) is 6.76. The molecule has 1 aromatic carbocycles. The summed E-state index contributed by atoms with van der Waals surface area (Å²) in [6, 6.07) is 6.94. The van der Waals surface area contributed by atoms with Crippen molar-refractivity contribution in [1.29, 1.82) is 0 Å². The molecule has 0 saturated carbocycles. The van der Waals surface area contributed by atoms with E-state index >= 15 is 0 Å². The molecule has 0 aliphatic heterocycles. The highest BCUT2D eigenvalue weighted by Crippen LogP contribution is 2.22. The van der Waals surface area contributed by atoms with Crippen molar-refractivity contribution >= 4 is 40.1 Å². The Kier molecular flexibility index (Phi) is 6.12. The van der Waals surface area contributed by atoms with E-state index in [1.807, 2.05) is 0 Å². The zero-order chi connectivity index (χ0) is 17.5. The van der Waals surface area contributed by atoms with Crippen LogP contribution in [0.5, 0.6) is 0 Å². The molecular formula is C13H17FN8OS. The number of hydrazone groups is 1. The molecular weight excluding hydrogens is 335 g/mol. The van der Waals surface area contributed by atoms with Gasteiger partial charge in [-0.2, -0.15) is 10.1 Å². The van der Waals surface area contributed by atoms with E-state index in [2.05, 4.69) is 20.4 Å². The van der Waals surface area contributed by atoms with Crippen LogP contribution in [0.25, 0.3) is 0 Å². The summed E-state index contributed by atoms with van der Waals surface area (Å²) in [6.07, 6.45) is 0.981. The third-order valence-corrected chi connectivity index (χ3v) is 3.74. The quantitative estimate of drug-likeness (QED) is 0.225. The molecule has 0 unspecified atom stereocenters. The molecule has 8 N–H and O–H groups in total. The number of nitrogen functional groups attached to an aromatic ring is 1. The summed E-state index contributed by atoms with van der Waals surface area (Å²) < 4.78 is 13.1. The van der Waals surface area contributed by atoms with Crippen LogP contribution >= 0.6 is 11.8 Å². The van der Waals surface area contributed by atoms with Crippen molar-refractivity contribution in [3.63, 3.8) is 0 Å². The van der Waals surface area contributed by atoms with Crippen LogP contribution in [0.1, 0.15) is 0 Å². The van der Waals surface area contributed by atoms with E-state index in [0.717, 1.165) is 6.20 Å². The molecule has 0 aliphatic carbocycles. The van der Waals surface area contributed by atoms with Crippen LogP contribution in [0.2, 0.25) is 0 Å². The number of amidine groups is 1. The molecule has 2 rings (SSSR count). The van der Waals surface area contributed by atoms with Crippen LogP contribution < -0.4 is 27.7 Å². The number of nitrogens with two attached hydrogens (primary N) is 3. The predicted octanol–water partition coefficient (Wildman–Crippen LogP) is 0.577. The van der Waals surface area contributed by atoms with Crippen LogP contribution in [0.15, 0.2) is 35.6 Å². The van der Waals surface area contributed by atoms with Crippen molar-refractivity contribution in [2.45, 2.75) is 0 Å². The molecule has 1 heterocycles. The molecule has 0 bridgehead atoms. The van der Waals surface area contributed by atoms with Gasteiger partial charge >= 0.3 is 0 Å². The Morgan fingerprint density at radius 1 is 1.46 bits per heavy atom. The smallest absolute Gasteiger partial charge is 0.229 e. The average molecular weight is 352 g/mol. The lowest BCUT2D eigenvalue weighted by Gasteiger charge is -2.20. The molecule has 0 aliphatic rings. The minimum absolute atomic E-state index is 0.0253. The first kappa shape index (κ1) is 17.7. The Labute approximate surface area is 141 Å². The topological polar surface area (TPSA) is 152 Å². The second-order valence-electron chi connectivity index (χ2n) is 4.46. The molecule has 0 amide bonds. The van der Waals surface area contributed by atoms with Gasteiger partial charge in [0.05, 0.1) is 18.5 Å². The second-order valence-corrected chi connectivity index (χ2v) is 5.52. The van der Waals surface area contributed by atoms with Gasteiger partial charge in [-0.3, -0.25) is 5.01 Å². The van der Waals surface area contributed by atoms with Gasteiger partial charge in [0.1, 0.15) is 0 Å². The average Bonchev–Trinajstić information content (AvgIpc) is 2.59. The fourth-order valence-corrected chi connectivity index (χ4v) is 2.31. The molecule has 24 heavy (non-hydrogen) atoms. The number of benzene rings is 1. The second kappa shape index (κ2) is 8.29. The van der Waals surface area contributed by atoms with Gasteiger partial charge in [0.25, 0.3) is 0 Å². The van der Waals surface area contributed by atoms with Gasteiger partial charge in [0.15, 0.2) is 11.6 Å². The van der Waals surface area contributed by atoms with E-state index in [4.69, 9.17) is 22.5 Å². The Hall–Kier alpha value is -2.63. The highest BCUT2D eigenvalue weighted by atomic mass is 32.2. The molecule has 9 nitrogen and oxygen atoms in total. The van der Waals surface area contributed by atoms with Gasteiger partial charge in [0, 0.05) is 11.4 Å². The van der Waals surface area contributed by atoms with E-state index < -0.39 is 5.82 Å². The normalized spacial score (nSPS) is 11.4. The van der Waals surface area contributed by atoms with Crippen LogP contribution in [-0.4, -0.2) is 32.6 Å². The first-order chi connectivity index (χ1) is 11.5. The summed E-state index contributed by atoms with van der Waals surface area (Å²) in [5.41, 5.74) is 6.61. The number of rotatable bonds is 5. The number of thioether (sulfide) groups is 1. The van der Waals surface area contributed by atoms with Crippen molar-refractivity contribution in [3.8, 4) is 0 Å². The number of aliphatic hydroxyl groups is 1. The molecule has 0 radical (unpaired) electrons. The SMILES string of the molecule is N/N=C(/SCCO)N(N)c1cccc(Nc2ncc(F)c(N)n2)c1. The van der Waals surface area contributed by atoms with E-state index in [9.17, 15) is 4.39 Å². The fourth-order valence-electron chi connectivity index (χ4n) is 1.72. The molecule has 0 atom stereocenters. The molecule has 0 spiro atoms. The van der Waals surface area contributed by atoms with E-state index in [0.29, 0.717) is 22.3 Å². The number of hydrazine groups is 1. The lowest BCUT2D eigenvalue weighted by molar-refractivity contribution is 0.323. The van der Waals surface area contributed by atoms with Crippen LogP contribution in [0.4, 0.5) is 27.5 Å². The molecule has 0 saturated heterocycles. The fraction of sp³-hybridized carbons (Fsp3) is 0.154. The van der Waals surface area contributed by atoms with E-state index in [-0.39, 0.29) is 18.4 Å². The highest BCUT2D eigenvalue weighted by molar-refractivity contribution is 8.14. The number of aromatic nitrogens is 2. The monoisotopic (exact) mass is 352 g/mol. The van der Waals surface area contributed by atoms with Crippen molar-refractivity contribution in [2.75, 3.05) is 28.4 Å². The number of hydrogen-bond donors (Lipinski definition) is 5. The van der Waals surface area contributed by atoms with Gasteiger partial charge < -0.3 is 22.0 Å². The van der Waals surface area contributed by atoms with Gasteiger partial charge in [-0.25, -0.2) is 15.2 Å². The molecule has 11 heteroatoms. The van der Waals surface area contributed by atoms with Crippen molar-refractivity contribution in [3.05, 3.63) is 36.3 Å². The number of anilines is 4. The van der Waals surface area contributed by atoms with Crippen molar-refractivity contribution < 1.29 is 9.50 Å². The maximum Gasteiger partial charge on any atom is 0.229 e. The summed E-state index contributed by atoms with van der Waals surface area (Å²) in [4.78, 5) is 7.60. The summed E-state index contributed by atoms with van der Waals surface area (Å²) >= 11 is 1.21. The molecule has 128 valence electrons. The number of nitrogens with zero attached hydrogens (tertiary/aromatic N) is 4. The standard InChI is InChI=1S/C13H17FN8OS/c14-10-7-18-12(20-11(10)15)19-8-2-1-3-9(6-8)22(17)13(21-16)24-5-4-23/h1-3,6-7,23H,4-5,16-17H2,(H3,15,18,19,20)/b21-13+. The Balaban J connectivity index is 2.17. The largest absolute Gasteiger partial charge is 0.396 e. The van der Waals surface area contributed by atoms with Crippen LogP contribution in [0.3, 0.4) is 0 Å². The molecule has 0 fully saturated rings. The third kappa shape index (κ3) is 4.44. The van der Waals surface area contributed by atoms with Crippen LogP contribution in [0, 0.1) is 5.82 Å². The number of hydrogen-bond acceptors (Lipinski definition) is 9. The lowest BCUT2D eigenvalue weighted by Crippen LogP contribution is -2.36. The zero-order valence-electron chi connectivity index (χ0n) is 12.6. The zero-order valence-corrected chi connectivity index (χ0v) is 13.4. The van der Waals surface area contributed by atoms with Gasteiger partial charge in [-0.1, -0.05) is 17.8 Å². The summed E-state index contributed by atoms with van der Waals surface area (Å²) in [7, 11) is 0. The minimum atomic E-state index is -0.688. The Morgan fingerprint density at radius 2 is 2.25 bits per heavy atom. The number of nitrogens with one attached hydrogen (secondary N) is 1. The van der Waals surface area contributed by atoms with Gasteiger partial charge in [-0.15, -0.1) is 0 Å². The van der Waals surface area contributed by atoms with E-state index in [1.54, 1.807) is 24.3 Å². The maximum atomic E-state index is 13.1. The molecule has 1 aromatic heterocycles.